The average Bonchev–Trinajstić information content (AvgIpc) is 3.72. The molecule has 0 saturated heterocycles. The van der Waals surface area contributed by atoms with Crippen molar-refractivity contribution in [2.24, 2.45) is 0 Å². The van der Waals surface area contributed by atoms with E-state index in [1.165, 1.54) is 33.4 Å². The molecule has 0 fully saturated rings. The lowest BCUT2D eigenvalue weighted by atomic mass is 9.79. The molecule has 0 unspecified atom stereocenters. The molecule has 0 radical (unpaired) electrons. The van der Waals surface area contributed by atoms with Gasteiger partial charge >= 0.3 is 0 Å². The van der Waals surface area contributed by atoms with Crippen LogP contribution < -0.4 is 4.90 Å². The van der Waals surface area contributed by atoms with E-state index in [-0.39, 0.29) is 16.2 Å². The lowest BCUT2D eigenvalue weighted by Crippen LogP contribution is -2.16. The summed E-state index contributed by atoms with van der Waals surface area (Å²) in [6.07, 6.45) is 0. The Morgan fingerprint density at radius 1 is 0.500 bits per heavy atom. The molecule has 9 rings (SSSR count). The van der Waals surface area contributed by atoms with E-state index in [1.54, 1.807) is 0 Å². The molecule has 0 aliphatic heterocycles. The van der Waals surface area contributed by atoms with Gasteiger partial charge in [0.05, 0.1) is 5.69 Å². The van der Waals surface area contributed by atoms with Crippen LogP contribution in [0.15, 0.2) is 124 Å². The number of hydrogen-bond acceptors (Lipinski definition) is 3. The van der Waals surface area contributed by atoms with Crippen molar-refractivity contribution in [1.82, 2.24) is 0 Å². The highest BCUT2D eigenvalue weighted by molar-refractivity contribution is 6.12. The van der Waals surface area contributed by atoms with Gasteiger partial charge < -0.3 is 13.7 Å². The van der Waals surface area contributed by atoms with Gasteiger partial charge in [0.25, 0.3) is 0 Å². The van der Waals surface area contributed by atoms with Crippen molar-refractivity contribution in [3.63, 3.8) is 0 Å². The summed E-state index contributed by atoms with van der Waals surface area (Å²) in [5.74, 6) is 0. The predicted octanol–water partition coefficient (Wildman–Crippen LogP) is 13.9. The van der Waals surface area contributed by atoms with E-state index >= 15 is 0 Å². The summed E-state index contributed by atoms with van der Waals surface area (Å²) in [5.41, 5.74) is 14.4. The zero-order valence-corrected chi connectivity index (χ0v) is 30.2. The van der Waals surface area contributed by atoms with Crippen LogP contribution in [0.3, 0.4) is 0 Å². The maximum Gasteiger partial charge on any atom is 0.159 e. The molecule has 0 amide bonds. The minimum atomic E-state index is -0.129. The first-order valence-electron chi connectivity index (χ1n) is 17.8. The van der Waals surface area contributed by atoms with Gasteiger partial charge in [-0.05, 0) is 87.2 Å². The second-order valence-corrected chi connectivity index (χ2v) is 16.7. The van der Waals surface area contributed by atoms with E-state index in [9.17, 15) is 0 Å². The van der Waals surface area contributed by atoms with Crippen molar-refractivity contribution in [3.05, 3.63) is 138 Å². The van der Waals surface area contributed by atoms with E-state index in [4.69, 9.17) is 8.83 Å². The molecule has 0 atom stereocenters. The highest BCUT2D eigenvalue weighted by atomic mass is 16.3. The monoisotopic (exact) mass is 653 g/mol. The zero-order valence-electron chi connectivity index (χ0n) is 30.2. The predicted molar refractivity (Wildman–Crippen MR) is 211 cm³/mol. The molecule has 3 nitrogen and oxygen atoms in total. The SMILES string of the molecule is CC(C)(C)c1cc(C(C)(C)C)c2oc3ccc(N(c4ccc5c(c4)C(C)(C)c4ccccc4-5)c4cccc5c4oc4ccccc45)cc3c2c1. The van der Waals surface area contributed by atoms with Gasteiger partial charge in [-0.1, -0.05) is 122 Å². The van der Waals surface area contributed by atoms with Crippen molar-refractivity contribution < 1.29 is 8.83 Å². The Balaban J connectivity index is 1.33. The molecule has 1 aliphatic carbocycles. The molecular weight excluding hydrogens is 611 g/mol. The highest BCUT2D eigenvalue weighted by Gasteiger charge is 2.36. The molecule has 50 heavy (non-hydrogen) atoms. The van der Waals surface area contributed by atoms with Crippen molar-refractivity contribution >= 4 is 60.9 Å². The number of rotatable bonds is 3. The zero-order chi connectivity index (χ0) is 34.7. The van der Waals surface area contributed by atoms with Crippen LogP contribution in [0, 0.1) is 0 Å². The third-order valence-electron chi connectivity index (χ3n) is 10.9. The first-order valence-corrected chi connectivity index (χ1v) is 17.8. The van der Waals surface area contributed by atoms with Crippen LogP contribution in [0.2, 0.25) is 0 Å². The van der Waals surface area contributed by atoms with Crippen molar-refractivity contribution in [2.45, 2.75) is 71.6 Å². The summed E-state index contributed by atoms with van der Waals surface area (Å²) in [4.78, 5) is 2.38. The molecule has 0 spiro atoms. The molecule has 0 N–H and O–H groups in total. The minimum Gasteiger partial charge on any atom is -0.456 e. The van der Waals surface area contributed by atoms with Gasteiger partial charge in [-0.15, -0.1) is 0 Å². The van der Waals surface area contributed by atoms with Gasteiger partial charge in [-0.3, -0.25) is 0 Å². The van der Waals surface area contributed by atoms with E-state index in [0.29, 0.717) is 0 Å². The summed E-state index contributed by atoms with van der Waals surface area (Å²) in [7, 11) is 0. The van der Waals surface area contributed by atoms with Crippen LogP contribution in [0.1, 0.15) is 77.6 Å². The first kappa shape index (κ1) is 30.8. The standard InChI is InChI=1S/C47H43NO2/c1-45(2,3)28-24-36-35-26-29(21-23-42(35)49-43(36)39(25-28)46(4,5)6)48(40-18-13-16-34-33-15-10-12-19-41(33)50-44(34)40)30-20-22-32-31-14-9-11-17-37(31)47(7,8)38(32)27-30/h9-27H,1-8H3. The fourth-order valence-electron chi connectivity index (χ4n) is 8.16. The van der Waals surface area contributed by atoms with Crippen molar-refractivity contribution in [1.29, 1.82) is 0 Å². The van der Waals surface area contributed by atoms with E-state index in [0.717, 1.165) is 60.9 Å². The van der Waals surface area contributed by atoms with Crippen LogP contribution in [0.25, 0.3) is 55.0 Å². The Hall–Kier alpha value is -5.28. The Morgan fingerprint density at radius 3 is 1.96 bits per heavy atom. The third-order valence-corrected chi connectivity index (χ3v) is 10.9. The third kappa shape index (κ3) is 4.49. The van der Waals surface area contributed by atoms with Crippen LogP contribution in [-0.2, 0) is 16.2 Å². The number of para-hydroxylation sites is 2. The molecule has 248 valence electrons. The van der Waals surface area contributed by atoms with Crippen LogP contribution in [0.4, 0.5) is 17.1 Å². The summed E-state index contributed by atoms with van der Waals surface area (Å²) >= 11 is 0. The van der Waals surface area contributed by atoms with E-state index in [1.807, 2.05) is 6.07 Å². The number of furan rings is 2. The molecule has 3 heteroatoms. The molecule has 6 aromatic carbocycles. The average molecular weight is 654 g/mol. The summed E-state index contributed by atoms with van der Waals surface area (Å²) in [5, 5.41) is 4.50. The number of hydrogen-bond donors (Lipinski definition) is 0. The number of anilines is 3. The maximum atomic E-state index is 6.72. The van der Waals surface area contributed by atoms with Crippen molar-refractivity contribution in [2.75, 3.05) is 4.90 Å². The molecule has 2 aromatic heterocycles. The van der Waals surface area contributed by atoms with Gasteiger partial charge in [0, 0.05) is 43.9 Å². The number of benzene rings is 6. The summed E-state index contributed by atoms with van der Waals surface area (Å²) < 4.78 is 13.4. The lowest BCUT2D eigenvalue weighted by molar-refractivity contribution is 0.559. The largest absolute Gasteiger partial charge is 0.456 e. The molecule has 1 aliphatic rings. The van der Waals surface area contributed by atoms with Gasteiger partial charge in [-0.25, -0.2) is 0 Å². The Kier molecular flexibility index (Phi) is 6.38. The molecule has 2 heterocycles. The Bertz CT molecular complexity index is 2650. The quantitative estimate of drug-likeness (QED) is 0.190. The highest BCUT2D eigenvalue weighted by Crippen LogP contribution is 2.52. The van der Waals surface area contributed by atoms with Gasteiger partial charge in [0.1, 0.15) is 16.7 Å². The lowest BCUT2D eigenvalue weighted by Gasteiger charge is -2.28. The van der Waals surface area contributed by atoms with E-state index < -0.39 is 0 Å². The Morgan fingerprint density at radius 2 is 1.16 bits per heavy atom. The molecule has 0 bridgehead atoms. The maximum absolute atomic E-state index is 6.72. The smallest absolute Gasteiger partial charge is 0.159 e. The fourth-order valence-corrected chi connectivity index (χ4v) is 8.16. The van der Waals surface area contributed by atoms with Crippen LogP contribution in [-0.4, -0.2) is 0 Å². The summed E-state index contributed by atoms with van der Waals surface area (Å²) in [6, 6.07) is 42.0. The molecular formula is C47H43NO2. The van der Waals surface area contributed by atoms with Crippen molar-refractivity contribution in [3.8, 4) is 11.1 Å². The summed E-state index contributed by atoms with van der Waals surface area (Å²) in [6.45, 7) is 18.4. The Labute approximate surface area is 294 Å². The molecule has 0 saturated carbocycles. The number of fused-ring (bicyclic) bond motifs is 9. The van der Waals surface area contributed by atoms with E-state index in [2.05, 4.69) is 169 Å². The fraction of sp³-hybridized carbons (Fsp3) is 0.234. The van der Waals surface area contributed by atoms with Gasteiger partial charge in [0.2, 0.25) is 0 Å². The first-order chi connectivity index (χ1) is 23.8. The van der Waals surface area contributed by atoms with Gasteiger partial charge in [-0.2, -0.15) is 0 Å². The second kappa shape index (κ2) is 10.4. The molecule has 8 aromatic rings. The normalized spacial score (nSPS) is 14.2. The minimum absolute atomic E-state index is 0.00678. The van der Waals surface area contributed by atoms with Crippen LogP contribution >= 0.6 is 0 Å². The van der Waals surface area contributed by atoms with Crippen LogP contribution in [0.5, 0.6) is 0 Å². The topological polar surface area (TPSA) is 29.5 Å². The second-order valence-electron chi connectivity index (χ2n) is 16.7. The van der Waals surface area contributed by atoms with Gasteiger partial charge in [0.15, 0.2) is 5.58 Å². The number of nitrogens with zero attached hydrogens (tertiary/aromatic N) is 1.